The number of methoxy groups -OCH3 is 1. The number of nitrogens with one attached hydrogen (secondary N) is 1. The van der Waals surface area contributed by atoms with Gasteiger partial charge in [0.05, 0.1) is 28.3 Å². The van der Waals surface area contributed by atoms with E-state index in [-0.39, 0.29) is 16.3 Å². The van der Waals surface area contributed by atoms with Crippen LogP contribution in [0.25, 0.3) is 21.9 Å². The second-order valence-electron chi connectivity index (χ2n) is 7.10. The summed E-state index contributed by atoms with van der Waals surface area (Å²) >= 11 is 5.97. The molecule has 0 saturated carbocycles. The van der Waals surface area contributed by atoms with E-state index in [0.29, 0.717) is 22.6 Å². The van der Waals surface area contributed by atoms with Gasteiger partial charge >= 0.3 is 5.97 Å². The first-order valence-electron chi connectivity index (χ1n) is 9.73. The lowest BCUT2D eigenvalue weighted by atomic mass is 10.1. The number of benzene rings is 3. The maximum atomic E-state index is 12.7. The molecule has 4 rings (SSSR count). The first-order valence-corrected chi connectivity index (χ1v) is 10.1. The average molecular weight is 469 g/mol. The van der Waals surface area contributed by atoms with Gasteiger partial charge in [-0.05, 0) is 25.1 Å². The normalized spacial score (nSPS) is 11.8. The Labute approximate surface area is 192 Å². The Morgan fingerprint density at radius 2 is 1.85 bits per heavy atom. The first-order chi connectivity index (χ1) is 15.8. The van der Waals surface area contributed by atoms with Crippen LogP contribution < -0.4 is 10.1 Å². The second kappa shape index (κ2) is 8.79. The molecule has 0 radical (unpaired) electrons. The molecule has 0 aliphatic carbocycles. The average Bonchev–Trinajstić information content (AvgIpc) is 3.15. The van der Waals surface area contributed by atoms with Gasteiger partial charge in [-0.25, -0.2) is 4.79 Å². The van der Waals surface area contributed by atoms with Gasteiger partial charge in [0.1, 0.15) is 16.9 Å². The van der Waals surface area contributed by atoms with Crippen LogP contribution in [0.4, 0.5) is 11.4 Å². The predicted molar refractivity (Wildman–Crippen MR) is 122 cm³/mol. The van der Waals surface area contributed by atoms with Crippen LogP contribution >= 0.6 is 11.6 Å². The molecule has 33 heavy (non-hydrogen) atoms. The molecule has 0 unspecified atom stereocenters. The van der Waals surface area contributed by atoms with Crippen LogP contribution in [-0.4, -0.2) is 30.0 Å². The van der Waals surface area contributed by atoms with Crippen LogP contribution in [-0.2, 0) is 9.53 Å². The van der Waals surface area contributed by atoms with Crippen molar-refractivity contribution in [3.8, 4) is 5.75 Å². The van der Waals surface area contributed by atoms with Crippen molar-refractivity contribution in [3.05, 3.63) is 75.3 Å². The van der Waals surface area contributed by atoms with Crippen LogP contribution in [0.2, 0.25) is 5.02 Å². The Balaban J connectivity index is 1.55. The van der Waals surface area contributed by atoms with Crippen LogP contribution in [0.15, 0.2) is 59.0 Å². The quantitative estimate of drug-likeness (QED) is 0.230. The van der Waals surface area contributed by atoms with Crippen molar-refractivity contribution in [1.29, 1.82) is 0 Å². The number of ether oxygens (including phenoxy) is 2. The number of nitro benzene ring substituents is 1. The van der Waals surface area contributed by atoms with Gasteiger partial charge in [-0.3, -0.25) is 14.9 Å². The van der Waals surface area contributed by atoms with E-state index in [0.717, 1.165) is 22.9 Å². The number of nitrogens with zero attached hydrogens (tertiary/aromatic N) is 1. The molecule has 9 nitrogen and oxygen atoms in total. The van der Waals surface area contributed by atoms with Crippen molar-refractivity contribution >= 4 is 56.8 Å². The molecule has 168 valence electrons. The summed E-state index contributed by atoms with van der Waals surface area (Å²) in [7, 11) is 1.47. The fourth-order valence-electron chi connectivity index (χ4n) is 3.31. The fraction of sp³-hybridized carbons (Fsp3) is 0.130. The summed E-state index contributed by atoms with van der Waals surface area (Å²) in [5.41, 5.74) is 1.01. The lowest BCUT2D eigenvalue weighted by molar-refractivity contribution is -0.384. The van der Waals surface area contributed by atoms with Crippen molar-refractivity contribution < 1.29 is 28.4 Å². The third-order valence-corrected chi connectivity index (χ3v) is 5.32. The van der Waals surface area contributed by atoms with Gasteiger partial charge in [0.2, 0.25) is 0 Å². The lowest BCUT2D eigenvalue weighted by Gasteiger charge is -2.15. The standard InChI is InChI=1S/C23H17ClN2O7/c1-12(32-23(28)16-9-13(26(29)30)7-8-17(16)24)22(27)25-18-11-20-15(10-21(18)31-2)14-5-3-4-6-19(14)33-20/h3-12H,1-2H3,(H,25,27)/t12-/m0/s1. The van der Waals surface area contributed by atoms with Gasteiger partial charge in [-0.1, -0.05) is 29.8 Å². The molecule has 1 amide bonds. The highest BCUT2D eigenvalue weighted by atomic mass is 35.5. The number of amides is 1. The number of non-ortho nitro benzene ring substituents is 1. The van der Waals surface area contributed by atoms with Gasteiger partial charge in [0.15, 0.2) is 6.10 Å². The van der Waals surface area contributed by atoms with E-state index in [4.69, 9.17) is 25.5 Å². The number of carbonyl (C=O) groups is 2. The van der Waals surface area contributed by atoms with E-state index in [1.807, 2.05) is 24.3 Å². The van der Waals surface area contributed by atoms with Crippen molar-refractivity contribution in [2.45, 2.75) is 13.0 Å². The zero-order valence-corrected chi connectivity index (χ0v) is 18.2. The Morgan fingerprint density at radius 1 is 1.09 bits per heavy atom. The topological polar surface area (TPSA) is 121 Å². The van der Waals surface area contributed by atoms with E-state index >= 15 is 0 Å². The molecule has 0 aliphatic heterocycles. The minimum atomic E-state index is -1.23. The van der Waals surface area contributed by atoms with E-state index in [1.54, 1.807) is 12.1 Å². The predicted octanol–water partition coefficient (Wildman–Crippen LogP) is 5.34. The van der Waals surface area contributed by atoms with Crippen LogP contribution in [0.1, 0.15) is 17.3 Å². The van der Waals surface area contributed by atoms with Crippen molar-refractivity contribution in [2.75, 3.05) is 12.4 Å². The molecular formula is C23H17ClN2O7. The van der Waals surface area contributed by atoms with Gasteiger partial charge in [0.25, 0.3) is 11.6 Å². The molecular weight excluding hydrogens is 452 g/mol. The van der Waals surface area contributed by atoms with Gasteiger partial charge < -0.3 is 19.2 Å². The second-order valence-corrected chi connectivity index (χ2v) is 7.51. The SMILES string of the molecule is COc1cc2c(cc1NC(=O)[C@H](C)OC(=O)c1cc([N+](=O)[O-])ccc1Cl)oc1ccccc12. The number of carbonyl (C=O) groups excluding carboxylic acids is 2. The minimum Gasteiger partial charge on any atom is -0.495 e. The summed E-state index contributed by atoms with van der Waals surface area (Å²) in [6.45, 7) is 1.37. The molecule has 1 atom stereocenters. The van der Waals surface area contributed by atoms with E-state index in [2.05, 4.69) is 5.32 Å². The summed E-state index contributed by atoms with van der Waals surface area (Å²) in [6, 6.07) is 14.2. The number of esters is 1. The summed E-state index contributed by atoms with van der Waals surface area (Å²) in [4.78, 5) is 35.5. The molecule has 0 fully saturated rings. The lowest BCUT2D eigenvalue weighted by Crippen LogP contribution is -2.30. The number of halogens is 1. The monoisotopic (exact) mass is 468 g/mol. The molecule has 4 aromatic rings. The zero-order valence-electron chi connectivity index (χ0n) is 17.5. The van der Waals surface area contributed by atoms with Crippen LogP contribution in [0.3, 0.4) is 0 Å². The van der Waals surface area contributed by atoms with E-state index in [9.17, 15) is 19.7 Å². The van der Waals surface area contributed by atoms with Crippen LogP contribution in [0.5, 0.6) is 5.75 Å². The van der Waals surface area contributed by atoms with Crippen molar-refractivity contribution in [3.63, 3.8) is 0 Å². The number of hydrogen-bond acceptors (Lipinski definition) is 7. The Bertz CT molecular complexity index is 1410. The Kier molecular flexibility index (Phi) is 5.89. The van der Waals surface area contributed by atoms with Gasteiger partial charge in [0, 0.05) is 29.0 Å². The van der Waals surface area contributed by atoms with Crippen molar-refractivity contribution in [1.82, 2.24) is 0 Å². The smallest absolute Gasteiger partial charge is 0.340 e. The van der Waals surface area contributed by atoms with E-state index < -0.39 is 22.9 Å². The summed E-state index contributed by atoms with van der Waals surface area (Å²) < 4.78 is 16.4. The Hall–Kier alpha value is -4.11. The number of furan rings is 1. The highest BCUT2D eigenvalue weighted by molar-refractivity contribution is 6.33. The molecule has 10 heteroatoms. The fourth-order valence-corrected chi connectivity index (χ4v) is 3.51. The first kappa shape index (κ1) is 22.1. The third-order valence-electron chi connectivity index (χ3n) is 4.99. The van der Waals surface area contributed by atoms with E-state index in [1.165, 1.54) is 20.1 Å². The number of anilines is 1. The highest BCUT2D eigenvalue weighted by Gasteiger charge is 2.24. The maximum absolute atomic E-state index is 12.7. The molecule has 0 bridgehead atoms. The maximum Gasteiger partial charge on any atom is 0.340 e. The molecule has 1 aromatic heterocycles. The third kappa shape index (κ3) is 4.31. The molecule has 3 aromatic carbocycles. The molecule has 0 spiro atoms. The highest BCUT2D eigenvalue weighted by Crippen LogP contribution is 2.36. The minimum absolute atomic E-state index is 0.0322. The molecule has 0 saturated heterocycles. The number of nitro groups is 1. The molecule has 0 aliphatic rings. The number of hydrogen-bond donors (Lipinski definition) is 1. The van der Waals surface area contributed by atoms with Crippen LogP contribution in [0, 0.1) is 10.1 Å². The number of rotatable bonds is 6. The number of fused-ring (bicyclic) bond motifs is 3. The van der Waals surface area contributed by atoms with Gasteiger partial charge in [-0.2, -0.15) is 0 Å². The molecule has 1 heterocycles. The number of para-hydroxylation sites is 1. The van der Waals surface area contributed by atoms with Crippen molar-refractivity contribution in [2.24, 2.45) is 0 Å². The largest absolute Gasteiger partial charge is 0.495 e. The zero-order chi connectivity index (χ0) is 23.7. The van der Waals surface area contributed by atoms with Gasteiger partial charge in [-0.15, -0.1) is 0 Å². The Morgan fingerprint density at radius 3 is 2.58 bits per heavy atom. The molecule has 1 N–H and O–H groups in total. The summed E-state index contributed by atoms with van der Waals surface area (Å²) in [5, 5.41) is 15.3. The summed E-state index contributed by atoms with van der Waals surface area (Å²) in [5.74, 6) is -1.22. The summed E-state index contributed by atoms with van der Waals surface area (Å²) in [6.07, 6.45) is -1.23.